The lowest BCUT2D eigenvalue weighted by Gasteiger charge is -2.57. The van der Waals surface area contributed by atoms with E-state index in [-0.39, 0.29) is 33.7 Å². The number of pyridine rings is 1. The van der Waals surface area contributed by atoms with Crippen molar-refractivity contribution >= 4 is 23.5 Å². The first-order valence-electron chi connectivity index (χ1n) is 13.6. The molecule has 3 fully saturated rings. The summed E-state index contributed by atoms with van der Waals surface area (Å²) in [6.45, 7) is 7.85. The third kappa shape index (κ3) is 3.80. The fourth-order valence-electron chi connectivity index (χ4n) is 8.51. The predicted octanol–water partition coefficient (Wildman–Crippen LogP) is 4.92. The minimum absolute atomic E-state index is 0.0407. The van der Waals surface area contributed by atoms with Gasteiger partial charge in [-0.25, -0.2) is 9.59 Å². The molecule has 1 aromatic rings. The lowest BCUT2D eigenvalue weighted by Crippen LogP contribution is -2.52. The molecular weight excluding hydrogens is 482 g/mol. The highest BCUT2D eigenvalue weighted by Crippen LogP contribution is 2.65. The second-order valence-electron chi connectivity index (χ2n) is 12.0. The second kappa shape index (κ2) is 9.28. The molecule has 0 aromatic carbocycles. The number of nitrogens with zero attached hydrogens (tertiary/aromatic N) is 1. The highest BCUT2D eigenvalue weighted by atomic mass is 16.5. The minimum atomic E-state index is -0.549. The summed E-state index contributed by atoms with van der Waals surface area (Å²) in [4.78, 5) is 56.1. The maximum absolute atomic E-state index is 13.0. The zero-order valence-corrected chi connectivity index (χ0v) is 23.2. The first kappa shape index (κ1) is 26.5. The quantitative estimate of drug-likeness (QED) is 0.521. The van der Waals surface area contributed by atoms with E-state index in [1.54, 1.807) is 26.0 Å². The highest BCUT2D eigenvalue weighted by molar-refractivity contribution is 6.01. The number of rotatable bonds is 4. The van der Waals surface area contributed by atoms with Crippen LogP contribution in [0.1, 0.15) is 83.6 Å². The Kier molecular flexibility index (Phi) is 6.48. The Bertz CT molecular complexity index is 1270. The highest BCUT2D eigenvalue weighted by Gasteiger charge is 2.60. The molecule has 1 heterocycles. The van der Waals surface area contributed by atoms with Crippen molar-refractivity contribution in [1.29, 1.82) is 0 Å². The van der Waals surface area contributed by atoms with Crippen LogP contribution in [0.3, 0.4) is 0 Å². The third-order valence-corrected chi connectivity index (χ3v) is 10.3. The number of hydrogen-bond donors (Lipinski definition) is 0. The Morgan fingerprint density at radius 3 is 2.24 bits per heavy atom. The average Bonchev–Trinajstić information content (AvgIpc) is 3.18. The molecule has 0 bridgehead atoms. The standard InChI is InChI=1S/C31H37NO6/c1-16-26(28(35)37-5)21(27(17(2)32-16)29(36)38-6)14-18-13-20-22-7-8-25(34)31(22,4)12-10-23(20)30(3)11-9-19(33)15-24(18)30/h9,11,15,18,20,22-23H,7-8,10,12-14H2,1-6H3/t18-,20+,22+,23+,30-,31+/m1/s1. The van der Waals surface area contributed by atoms with Gasteiger partial charge in [0.2, 0.25) is 0 Å². The summed E-state index contributed by atoms with van der Waals surface area (Å²) in [5.41, 5.74) is 2.54. The number of methoxy groups -OCH3 is 2. The number of esters is 2. The van der Waals surface area contributed by atoms with Crippen molar-refractivity contribution in [1.82, 2.24) is 4.98 Å². The zero-order valence-electron chi connectivity index (χ0n) is 23.2. The zero-order chi connectivity index (χ0) is 27.6. The molecule has 0 N–H and O–H groups in total. The molecule has 202 valence electrons. The van der Waals surface area contributed by atoms with Gasteiger partial charge in [0.15, 0.2) is 5.78 Å². The molecule has 7 nitrogen and oxygen atoms in total. The number of aryl methyl sites for hydroxylation is 2. The summed E-state index contributed by atoms with van der Waals surface area (Å²) in [5, 5.41) is 0. The van der Waals surface area contributed by atoms with Crippen LogP contribution < -0.4 is 0 Å². The lowest BCUT2D eigenvalue weighted by atomic mass is 9.46. The van der Waals surface area contributed by atoms with Crippen LogP contribution in [-0.2, 0) is 25.5 Å². The van der Waals surface area contributed by atoms with E-state index in [0.29, 0.717) is 53.3 Å². The molecular formula is C31H37NO6. The Morgan fingerprint density at radius 1 is 1.00 bits per heavy atom. The molecule has 0 unspecified atom stereocenters. The fraction of sp³-hybridized carbons (Fsp3) is 0.581. The van der Waals surface area contributed by atoms with Gasteiger partial charge in [0.05, 0.1) is 36.7 Å². The molecule has 0 amide bonds. The van der Waals surface area contributed by atoms with Gasteiger partial charge in [-0.15, -0.1) is 0 Å². The van der Waals surface area contributed by atoms with Crippen molar-refractivity contribution < 1.29 is 28.7 Å². The second-order valence-corrected chi connectivity index (χ2v) is 12.0. The van der Waals surface area contributed by atoms with Gasteiger partial charge >= 0.3 is 11.9 Å². The van der Waals surface area contributed by atoms with Crippen molar-refractivity contribution in [2.45, 2.75) is 66.2 Å². The van der Waals surface area contributed by atoms with Gasteiger partial charge in [0, 0.05) is 17.3 Å². The van der Waals surface area contributed by atoms with E-state index in [9.17, 15) is 19.2 Å². The molecule has 4 aliphatic rings. The van der Waals surface area contributed by atoms with E-state index < -0.39 is 11.9 Å². The number of carbonyl (C=O) groups excluding carboxylic acids is 4. The van der Waals surface area contributed by atoms with E-state index in [4.69, 9.17) is 9.47 Å². The van der Waals surface area contributed by atoms with Crippen LogP contribution in [0, 0.1) is 48.3 Å². The summed E-state index contributed by atoms with van der Waals surface area (Å²) in [6, 6.07) is 0. The summed E-state index contributed by atoms with van der Waals surface area (Å²) < 4.78 is 10.2. The van der Waals surface area contributed by atoms with E-state index in [2.05, 4.69) is 24.9 Å². The number of carbonyl (C=O) groups is 4. The van der Waals surface area contributed by atoms with Crippen LogP contribution >= 0.6 is 0 Å². The van der Waals surface area contributed by atoms with Crippen LogP contribution in [0.4, 0.5) is 0 Å². The normalized spacial score (nSPS) is 33.7. The van der Waals surface area contributed by atoms with Gasteiger partial charge in [-0.1, -0.05) is 25.5 Å². The predicted molar refractivity (Wildman–Crippen MR) is 141 cm³/mol. The first-order valence-corrected chi connectivity index (χ1v) is 13.6. The molecule has 4 aliphatic carbocycles. The molecule has 3 saturated carbocycles. The molecule has 6 atom stereocenters. The van der Waals surface area contributed by atoms with Crippen molar-refractivity contribution in [3.05, 3.63) is 51.9 Å². The van der Waals surface area contributed by atoms with E-state index in [1.165, 1.54) is 14.2 Å². The molecule has 7 heteroatoms. The average molecular weight is 520 g/mol. The van der Waals surface area contributed by atoms with Gasteiger partial charge in [-0.3, -0.25) is 14.6 Å². The van der Waals surface area contributed by atoms with Crippen LogP contribution in [0.15, 0.2) is 23.8 Å². The minimum Gasteiger partial charge on any atom is -0.465 e. The molecule has 0 saturated heterocycles. The number of ether oxygens (including phenoxy) is 2. The third-order valence-electron chi connectivity index (χ3n) is 10.3. The molecule has 38 heavy (non-hydrogen) atoms. The largest absolute Gasteiger partial charge is 0.465 e. The van der Waals surface area contributed by atoms with E-state index >= 15 is 0 Å². The van der Waals surface area contributed by atoms with Crippen molar-refractivity contribution in [2.75, 3.05) is 14.2 Å². The molecule has 0 spiro atoms. The number of ketones is 2. The summed E-state index contributed by atoms with van der Waals surface area (Å²) in [6.07, 6.45) is 10.0. The molecule has 5 rings (SSSR count). The number of aromatic nitrogens is 1. The van der Waals surface area contributed by atoms with Crippen LogP contribution in [-0.4, -0.2) is 42.7 Å². The topological polar surface area (TPSA) is 99.6 Å². The van der Waals surface area contributed by atoms with Gasteiger partial charge in [-0.05, 0) is 87.3 Å². The number of allylic oxidation sites excluding steroid dienone is 4. The van der Waals surface area contributed by atoms with E-state index in [1.807, 2.05) is 0 Å². The monoisotopic (exact) mass is 519 g/mol. The summed E-state index contributed by atoms with van der Waals surface area (Å²) in [7, 11) is 2.64. The van der Waals surface area contributed by atoms with Crippen LogP contribution in [0.5, 0.6) is 0 Å². The van der Waals surface area contributed by atoms with Gasteiger partial charge in [0.25, 0.3) is 0 Å². The molecule has 0 aliphatic heterocycles. The van der Waals surface area contributed by atoms with Crippen molar-refractivity contribution in [3.8, 4) is 0 Å². The van der Waals surface area contributed by atoms with Crippen molar-refractivity contribution in [2.24, 2.45) is 34.5 Å². The van der Waals surface area contributed by atoms with E-state index in [0.717, 1.165) is 31.3 Å². The number of hydrogen-bond acceptors (Lipinski definition) is 7. The SMILES string of the molecule is COC(=O)c1c(C)nc(C)c(C(=O)OC)c1C[C@H]1C[C@@H]2[C@H](CC[C@]3(C)C(=O)CC[C@@H]23)[C@@]2(C)C=CC(=O)C=C12. The maximum Gasteiger partial charge on any atom is 0.340 e. The smallest absolute Gasteiger partial charge is 0.340 e. The van der Waals surface area contributed by atoms with Gasteiger partial charge in [-0.2, -0.15) is 0 Å². The van der Waals surface area contributed by atoms with Crippen LogP contribution in [0.25, 0.3) is 0 Å². The Balaban J connectivity index is 1.66. The Hall–Kier alpha value is -3.09. The Morgan fingerprint density at radius 2 is 1.63 bits per heavy atom. The number of fused-ring (bicyclic) bond motifs is 5. The van der Waals surface area contributed by atoms with Gasteiger partial charge < -0.3 is 9.47 Å². The fourth-order valence-corrected chi connectivity index (χ4v) is 8.51. The molecule has 1 aromatic heterocycles. The molecule has 0 radical (unpaired) electrons. The number of Topliss-reactive ketones (excluding diaryl/α,β-unsaturated/α-hetero) is 1. The lowest BCUT2D eigenvalue weighted by molar-refractivity contribution is -0.132. The van der Waals surface area contributed by atoms with Crippen LogP contribution in [0.2, 0.25) is 0 Å². The van der Waals surface area contributed by atoms with Crippen molar-refractivity contribution in [3.63, 3.8) is 0 Å². The summed E-state index contributed by atoms with van der Waals surface area (Å²) >= 11 is 0. The van der Waals surface area contributed by atoms with Gasteiger partial charge in [0.1, 0.15) is 5.78 Å². The summed E-state index contributed by atoms with van der Waals surface area (Å²) in [5.74, 6) is 0.0687. The first-order chi connectivity index (χ1) is 18.0. The maximum atomic E-state index is 13.0. The Labute approximate surface area is 224 Å².